The predicted octanol–water partition coefficient (Wildman–Crippen LogP) is 6.13. The van der Waals surface area contributed by atoms with Crippen molar-refractivity contribution in [3.63, 3.8) is 0 Å². The van der Waals surface area contributed by atoms with Crippen molar-refractivity contribution in [2.45, 2.75) is 45.9 Å². The standard InChI is InChI=1S/C24H22F5NO5/c1-4-11(2)9-15(23(33)34)18-12(3)30(17-10-16(25)21(31)20(26)19(17)18)22(32)13-5-7-14(8-6-13)35-24(27,28)29/h5-8,10-11,15,31H,4,9H2,1-3H3,(H,33,34)/t11?,15-/m1/s1. The van der Waals surface area contributed by atoms with E-state index in [4.69, 9.17) is 0 Å². The zero-order valence-corrected chi connectivity index (χ0v) is 18.9. The number of fused-ring (bicyclic) bond motifs is 1. The number of phenolic OH excluding ortho intramolecular Hbond substituents is 1. The summed E-state index contributed by atoms with van der Waals surface area (Å²) in [5.74, 6) is -8.20. The molecule has 0 saturated carbocycles. The summed E-state index contributed by atoms with van der Waals surface area (Å²) in [7, 11) is 0. The topological polar surface area (TPSA) is 88.8 Å². The van der Waals surface area contributed by atoms with Gasteiger partial charge in [-0.05, 0) is 49.1 Å². The van der Waals surface area contributed by atoms with Crippen LogP contribution in [0.4, 0.5) is 22.0 Å². The van der Waals surface area contributed by atoms with Crippen LogP contribution < -0.4 is 4.74 Å². The minimum Gasteiger partial charge on any atom is -0.503 e. The van der Waals surface area contributed by atoms with Crippen molar-refractivity contribution in [2.24, 2.45) is 5.92 Å². The van der Waals surface area contributed by atoms with Crippen molar-refractivity contribution in [2.75, 3.05) is 0 Å². The second kappa shape index (κ2) is 9.55. The van der Waals surface area contributed by atoms with Crippen LogP contribution in [-0.2, 0) is 4.79 Å². The number of carboxylic acids is 1. The van der Waals surface area contributed by atoms with Gasteiger partial charge in [-0.3, -0.25) is 14.2 Å². The SMILES string of the molecule is CCC(C)C[C@@H](C(=O)O)c1c(C)n(C(=O)c2ccc(OC(F)(F)F)cc2)c2cc(F)c(O)c(F)c12. The Balaban J connectivity index is 2.24. The van der Waals surface area contributed by atoms with E-state index >= 15 is 4.39 Å². The van der Waals surface area contributed by atoms with Crippen LogP contribution in [0, 0.1) is 24.5 Å². The number of aliphatic carboxylic acids is 1. The molecule has 0 aliphatic carbocycles. The van der Waals surface area contributed by atoms with Crippen molar-refractivity contribution < 1.29 is 46.5 Å². The lowest BCUT2D eigenvalue weighted by Crippen LogP contribution is -2.18. The fraction of sp³-hybridized carbons (Fsp3) is 0.333. The molecule has 188 valence electrons. The largest absolute Gasteiger partial charge is 0.573 e. The van der Waals surface area contributed by atoms with E-state index in [1.807, 2.05) is 6.92 Å². The molecule has 1 heterocycles. The number of nitrogens with zero attached hydrogens (tertiary/aromatic N) is 1. The molecule has 6 nitrogen and oxygen atoms in total. The third-order valence-corrected chi connectivity index (χ3v) is 5.93. The molecule has 3 rings (SSSR count). The molecular weight excluding hydrogens is 477 g/mol. The van der Waals surface area contributed by atoms with Gasteiger partial charge in [-0.15, -0.1) is 13.2 Å². The maximum atomic E-state index is 15.1. The number of carboxylic acid groups (broad SMARTS) is 1. The van der Waals surface area contributed by atoms with E-state index in [1.54, 1.807) is 6.92 Å². The first-order chi connectivity index (χ1) is 16.3. The van der Waals surface area contributed by atoms with Crippen molar-refractivity contribution in [3.05, 3.63) is 58.8 Å². The maximum absolute atomic E-state index is 15.1. The van der Waals surface area contributed by atoms with Crippen LogP contribution in [0.1, 0.15) is 54.2 Å². The van der Waals surface area contributed by atoms with E-state index in [0.717, 1.165) is 28.8 Å². The fourth-order valence-corrected chi connectivity index (χ4v) is 4.04. The van der Waals surface area contributed by atoms with E-state index in [9.17, 15) is 37.4 Å². The van der Waals surface area contributed by atoms with Gasteiger partial charge >= 0.3 is 12.3 Å². The zero-order chi connectivity index (χ0) is 26.2. The molecule has 2 atom stereocenters. The minimum atomic E-state index is -4.94. The van der Waals surface area contributed by atoms with E-state index < -0.39 is 52.7 Å². The van der Waals surface area contributed by atoms with Crippen LogP contribution in [0.15, 0.2) is 30.3 Å². The summed E-state index contributed by atoms with van der Waals surface area (Å²) in [4.78, 5) is 25.5. The summed E-state index contributed by atoms with van der Waals surface area (Å²) in [6, 6.07) is 4.59. The van der Waals surface area contributed by atoms with Gasteiger partial charge in [-0.2, -0.15) is 0 Å². The summed E-state index contributed by atoms with van der Waals surface area (Å²) >= 11 is 0. The molecule has 1 aromatic heterocycles. The smallest absolute Gasteiger partial charge is 0.503 e. The number of rotatable bonds is 7. The molecule has 0 fully saturated rings. The first-order valence-corrected chi connectivity index (χ1v) is 10.6. The third kappa shape index (κ3) is 5.08. The van der Waals surface area contributed by atoms with Crippen LogP contribution in [-0.4, -0.2) is 33.0 Å². The van der Waals surface area contributed by atoms with Gasteiger partial charge in [0.2, 0.25) is 0 Å². The predicted molar refractivity (Wildman–Crippen MR) is 116 cm³/mol. The second-order valence-electron chi connectivity index (χ2n) is 8.27. The lowest BCUT2D eigenvalue weighted by atomic mass is 9.86. The van der Waals surface area contributed by atoms with E-state index in [1.165, 1.54) is 6.92 Å². The normalized spacial score (nSPS) is 13.6. The number of carbonyl (C=O) groups is 2. The summed E-state index contributed by atoms with van der Waals surface area (Å²) in [5, 5.41) is 19.3. The van der Waals surface area contributed by atoms with Crippen molar-refractivity contribution in [1.82, 2.24) is 4.57 Å². The van der Waals surface area contributed by atoms with Crippen molar-refractivity contribution >= 4 is 22.8 Å². The number of aromatic nitrogens is 1. The molecule has 3 aromatic rings. The number of aromatic hydroxyl groups is 1. The lowest BCUT2D eigenvalue weighted by Gasteiger charge is -2.18. The molecule has 0 radical (unpaired) electrons. The monoisotopic (exact) mass is 499 g/mol. The Morgan fingerprint density at radius 1 is 1.14 bits per heavy atom. The molecule has 1 unspecified atom stereocenters. The number of phenols is 1. The quantitative estimate of drug-likeness (QED) is 0.382. The highest BCUT2D eigenvalue weighted by Gasteiger charge is 2.34. The highest BCUT2D eigenvalue weighted by atomic mass is 19.4. The Morgan fingerprint density at radius 3 is 2.26 bits per heavy atom. The molecule has 11 heteroatoms. The number of alkyl halides is 3. The Labute approximate surface area is 196 Å². The molecule has 2 N–H and O–H groups in total. The molecular formula is C24H22F5NO5. The van der Waals surface area contributed by atoms with Crippen LogP contribution in [0.25, 0.3) is 10.9 Å². The molecule has 2 aromatic carbocycles. The van der Waals surface area contributed by atoms with Crippen LogP contribution in [0.2, 0.25) is 0 Å². The van der Waals surface area contributed by atoms with Crippen LogP contribution in [0.5, 0.6) is 11.5 Å². The number of hydrogen-bond donors (Lipinski definition) is 2. The summed E-state index contributed by atoms with van der Waals surface area (Å²) in [6.07, 6.45) is -4.23. The number of benzene rings is 2. The maximum Gasteiger partial charge on any atom is 0.573 e. The van der Waals surface area contributed by atoms with Gasteiger partial charge < -0.3 is 14.9 Å². The second-order valence-corrected chi connectivity index (χ2v) is 8.27. The molecule has 35 heavy (non-hydrogen) atoms. The first-order valence-electron chi connectivity index (χ1n) is 10.6. The summed E-state index contributed by atoms with van der Waals surface area (Å²) < 4.78 is 71.3. The van der Waals surface area contributed by atoms with Gasteiger partial charge in [-0.25, -0.2) is 8.78 Å². The highest BCUT2D eigenvalue weighted by Crippen LogP contribution is 2.41. The number of carbonyl (C=O) groups excluding carboxylic acids is 1. The highest BCUT2D eigenvalue weighted by molar-refractivity contribution is 6.05. The molecule has 0 bridgehead atoms. The molecule has 0 saturated heterocycles. The van der Waals surface area contributed by atoms with Gasteiger partial charge in [0.1, 0.15) is 5.75 Å². The van der Waals surface area contributed by atoms with E-state index in [2.05, 4.69) is 4.74 Å². The van der Waals surface area contributed by atoms with Gasteiger partial charge in [0.25, 0.3) is 5.91 Å². The number of hydrogen-bond acceptors (Lipinski definition) is 4. The molecule has 0 spiro atoms. The fourth-order valence-electron chi connectivity index (χ4n) is 4.04. The summed E-state index contributed by atoms with van der Waals surface area (Å²) in [6.45, 7) is 5.00. The minimum absolute atomic E-state index is 0.000205. The summed E-state index contributed by atoms with van der Waals surface area (Å²) in [5.41, 5.74) is -0.554. The number of ether oxygens (including phenoxy) is 1. The average molecular weight is 499 g/mol. The van der Waals surface area contributed by atoms with Gasteiger partial charge in [0.15, 0.2) is 17.4 Å². The van der Waals surface area contributed by atoms with Crippen LogP contribution >= 0.6 is 0 Å². The Kier molecular flexibility index (Phi) is 7.09. The van der Waals surface area contributed by atoms with Crippen LogP contribution in [0.3, 0.4) is 0 Å². The molecule has 0 aliphatic heterocycles. The Bertz CT molecular complexity index is 1280. The Hall–Kier alpha value is -3.63. The van der Waals surface area contributed by atoms with Crippen molar-refractivity contribution in [1.29, 1.82) is 0 Å². The lowest BCUT2D eigenvalue weighted by molar-refractivity contribution is -0.274. The van der Waals surface area contributed by atoms with Crippen molar-refractivity contribution in [3.8, 4) is 11.5 Å². The van der Waals surface area contributed by atoms with Gasteiger partial charge in [0.05, 0.1) is 11.4 Å². The van der Waals surface area contributed by atoms with E-state index in [-0.39, 0.29) is 34.7 Å². The average Bonchev–Trinajstić information content (AvgIpc) is 3.05. The number of halogens is 5. The molecule has 0 aliphatic rings. The Morgan fingerprint density at radius 2 is 1.74 bits per heavy atom. The zero-order valence-electron chi connectivity index (χ0n) is 18.9. The third-order valence-electron chi connectivity index (χ3n) is 5.93. The molecule has 0 amide bonds. The van der Waals surface area contributed by atoms with E-state index in [0.29, 0.717) is 12.5 Å². The van der Waals surface area contributed by atoms with Gasteiger partial charge in [-0.1, -0.05) is 20.3 Å². The first kappa shape index (κ1) is 26.0. The van der Waals surface area contributed by atoms with Gasteiger partial charge in [0, 0.05) is 22.7 Å².